The van der Waals surface area contributed by atoms with Gasteiger partial charge in [-0.3, -0.25) is 4.98 Å². The van der Waals surface area contributed by atoms with Crippen molar-refractivity contribution in [3.63, 3.8) is 0 Å². The number of rotatable bonds is 3. The Balaban J connectivity index is 1.47. The average molecular weight is 473 g/mol. The Morgan fingerprint density at radius 1 is 0.765 bits per heavy atom. The maximum absolute atomic E-state index is 12.7. The van der Waals surface area contributed by atoms with E-state index in [0.29, 0.717) is 0 Å². The molecule has 4 nitrogen and oxygen atoms in total. The summed E-state index contributed by atoms with van der Waals surface area (Å²) in [5.41, 5.74) is 7.05. The van der Waals surface area contributed by atoms with E-state index in [9.17, 15) is 4.57 Å². The third-order valence-corrected chi connectivity index (χ3v) is 9.42. The van der Waals surface area contributed by atoms with Crippen LogP contribution in [0.2, 0.25) is 0 Å². The predicted octanol–water partition coefficient (Wildman–Crippen LogP) is 5.60. The molecule has 3 aromatic rings. The second-order valence-electron chi connectivity index (χ2n) is 11.5. The monoisotopic (exact) mass is 473 g/mol. The molecule has 2 aliphatic rings. The second-order valence-corrected chi connectivity index (χ2v) is 14.7. The Bertz CT molecular complexity index is 1320. The number of nitrogens with zero attached hydrogens (tertiary/aromatic N) is 1. The van der Waals surface area contributed by atoms with Crippen molar-refractivity contribution in [2.24, 2.45) is 0 Å². The molecule has 0 atom stereocenters. The number of fused-ring (bicyclic) bond motifs is 3. The van der Waals surface area contributed by atoms with E-state index in [2.05, 4.69) is 77.9 Å². The minimum atomic E-state index is -2.32. The van der Waals surface area contributed by atoms with Crippen LogP contribution in [0.25, 0.3) is 22.3 Å². The minimum absolute atomic E-state index is 0.165. The lowest BCUT2D eigenvalue weighted by Crippen LogP contribution is -2.41. The zero-order valence-electron chi connectivity index (χ0n) is 21.4. The number of aromatic nitrogens is 1. The molecule has 34 heavy (non-hydrogen) atoms. The van der Waals surface area contributed by atoms with Gasteiger partial charge in [0, 0.05) is 16.9 Å². The summed E-state index contributed by atoms with van der Waals surface area (Å²) in [6, 6.07) is 17.0. The maximum Gasteiger partial charge on any atom is 0.514 e. The van der Waals surface area contributed by atoms with Crippen molar-refractivity contribution in [2.45, 2.75) is 58.2 Å². The van der Waals surface area contributed by atoms with Gasteiger partial charge in [-0.15, -0.1) is 0 Å². The fourth-order valence-corrected chi connectivity index (χ4v) is 5.79. The summed E-state index contributed by atoms with van der Waals surface area (Å²) in [6.07, 6.45) is 1.90. The molecule has 1 saturated heterocycles. The summed E-state index contributed by atoms with van der Waals surface area (Å²) < 4.78 is 25.0. The van der Waals surface area contributed by atoms with E-state index < -0.39 is 14.3 Å². The van der Waals surface area contributed by atoms with Crippen molar-refractivity contribution in [1.29, 1.82) is 0 Å². The lowest BCUT2D eigenvalue weighted by molar-refractivity contribution is 0.00578. The highest BCUT2D eigenvalue weighted by Gasteiger charge is 2.52. The molecule has 176 valence electrons. The lowest BCUT2D eigenvalue weighted by atomic mass is 9.81. The third-order valence-electron chi connectivity index (χ3n) is 7.90. The molecule has 0 bridgehead atoms. The molecular weight excluding hydrogens is 440 g/mol. The average Bonchev–Trinajstić information content (AvgIpc) is 3.12. The van der Waals surface area contributed by atoms with Gasteiger partial charge in [0.05, 0.1) is 16.8 Å². The summed E-state index contributed by atoms with van der Waals surface area (Å²) in [6.45, 7) is 16.4. The van der Waals surface area contributed by atoms with Gasteiger partial charge < -0.3 is 13.9 Å². The van der Waals surface area contributed by atoms with Crippen LogP contribution in [-0.2, 0) is 19.3 Å². The maximum atomic E-state index is 12.7. The zero-order valence-corrected chi connectivity index (χ0v) is 22.3. The van der Waals surface area contributed by atoms with Crippen LogP contribution in [0.3, 0.4) is 0 Å². The molecule has 0 saturated carbocycles. The van der Waals surface area contributed by atoms with E-state index in [-0.39, 0.29) is 16.6 Å². The SMILES string of the molecule is CC1(C)c2cc(-c3ccc(B4OC(C)(C)C(C)(C)O4)nc3)ccc2-c2ccc(P(C)(C)=O)cc21. The van der Waals surface area contributed by atoms with Crippen LogP contribution < -0.4 is 10.9 Å². The van der Waals surface area contributed by atoms with Gasteiger partial charge in [-0.2, -0.15) is 0 Å². The first-order valence-corrected chi connectivity index (χ1v) is 14.5. The van der Waals surface area contributed by atoms with Crippen LogP contribution in [0.15, 0.2) is 54.7 Å². The Kier molecular flexibility index (Phi) is 5.12. The Morgan fingerprint density at radius 3 is 1.88 bits per heavy atom. The molecule has 1 fully saturated rings. The molecule has 5 rings (SSSR count). The highest BCUT2D eigenvalue weighted by Crippen LogP contribution is 2.50. The molecule has 0 N–H and O–H groups in total. The van der Waals surface area contributed by atoms with Crippen molar-refractivity contribution in [2.75, 3.05) is 13.3 Å². The highest BCUT2D eigenvalue weighted by molar-refractivity contribution is 7.70. The number of benzene rings is 2. The van der Waals surface area contributed by atoms with Gasteiger partial charge in [0.2, 0.25) is 0 Å². The molecule has 1 aliphatic carbocycles. The van der Waals surface area contributed by atoms with Gasteiger partial charge in [-0.25, -0.2) is 0 Å². The van der Waals surface area contributed by atoms with E-state index >= 15 is 0 Å². The van der Waals surface area contributed by atoms with Crippen LogP contribution in [0.5, 0.6) is 0 Å². The highest BCUT2D eigenvalue weighted by atomic mass is 31.2. The van der Waals surface area contributed by atoms with Gasteiger partial charge in [0.15, 0.2) is 0 Å². The first kappa shape index (κ1) is 23.5. The molecule has 1 aromatic heterocycles. The summed E-state index contributed by atoms with van der Waals surface area (Å²) in [7, 11) is -2.78. The Labute approximate surface area is 203 Å². The quantitative estimate of drug-likeness (QED) is 0.367. The van der Waals surface area contributed by atoms with Crippen molar-refractivity contribution in [3.8, 4) is 22.3 Å². The fraction of sp³-hybridized carbons (Fsp3) is 0.393. The largest absolute Gasteiger partial charge is 0.514 e. The molecule has 6 heteroatoms. The van der Waals surface area contributed by atoms with E-state index in [0.717, 1.165) is 22.0 Å². The van der Waals surface area contributed by atoms with Gasteiger partial charge in [0.1, 0.15) is 7.14 Å². The third kappa shape index (κ3) is 3.61. The Morgan fingerprint density at radius 2 is 1.32 bits per heavy atom. The zero-order chi connectivity index (χ0) is 24.7. The normalized spacial score (nSPS) is 19.7. The van der Waals surface area contributed by atoms with E-state index in [4.69, 9.17) is 14.3 Å². The second kappa shape index (κ2) is 7.40. The van der Waals surface area contributed by atoms with Gasteiger partial charge >= 0.3 is 7.12 Å². The summed E-state index contributed by atoms with van der Waals surface area (Å²) in [4.78, 5) is 4.70. The van der Waals surface area contributed by atoms with Gasteiger partial charge in [0.25, 0.3) is 0 Å². The van der Waals surface area contributed by atoms with Crippen LogP contribution in [0.1, 0.15) is 52.7 Å². The van der Waals surface area contributed by atoms with Crippen LogP contribution >= 0.6 is 7.14 Å². The molecule has 0 spiro atoms. The van der Waals surface area contributed by atoms with E-state index in [1.54, 1.807) is 0 Å². The number of hydrogen-bond donors (Lipinski definition) is 0. The first-order chi connectivity index (χ1) is 15.7. The number of pyridine rings is 1. The predicted molar refractivity (Wildman–Crippen MR) is 142 cm³/mol. The van der Waals surface area contributed by atoms with Crippen molar-refractivity contribution >= 4 is 25.2 Å². The Hall–Kier alpha value is -2.20. The molecular formula is C28H33BNO3P. The summed E-state index contributed by atoms with van der Waals surface area (Å²) in [5, 5.41) is 0.940. The minimum Gasteiger partial charge on any atom is -0.398 e. The van der Waals surface area contributed by atoms with Crippen molar-refractivity contribution < 1.29 is 13.9 Å². The topological polar surface area (TPSA) is 48.4 Å². The van der Waals surface area contributed by atoms with Gasteiger partial charge in [-0.1, -0.05) is 44.2 Å². The van der Waals surface area contributed by atoms with E-state index in [1.165, 1.54) is 22.3 Å². The summed E-state index contributed by atoms with van der Waals surface area (Å²) in [5.74, 6) is 0. The first-order valence-electron chi connectivity index (χ1n) is 11.9. The van der Waals surface area contributed by atoms with Crippen LogP contribution in [-0.4, -0.2) is 36.6 Å². The molecule has 2 heterocycles. The molecule has 0 amide bonds. The number of hydrogen-bond acceptors (Lipinski definition) is 4. The lowest BCUT2D eigenvalue weighted by Gasteiger charge is -2.32. The fourth-order valence-electron chi connectivity index (χ4n) is 4.92. The van der Waals surface area contributed by atoms with Gasteiger partial charge in [-0.05, 0) is 92.6 Å². The molecule has 0 unspecified atom stereocenters. The summed E-state index contributed by atoms with van der Waals surface area (Å²) >= 11 is 0. The van der Waals surface area contributed by atoms with E-state index in [1.807, 2.05) is 31.7 Å². The van der Waals surface area contributed by atoms with Crippen LogP contribution in [0, 0.1) is 0 Å². The van der Waals surface area contributed by atoms with Crippen molar-refractivity contribution in [3.05, 3.63) is 65.9 Å². The molecule has 0 radical (unpaired) electrons. The van der Waals surface area contributed by atoms with Crippen molar-refractivity contribution in [1.82, 2.24) is 4.98 Å². The standard InChI is InChI=1S/C28H33BNO3P/c1-26(2)23-15-18(9-12-21(23)22-13-11-20(16-24(22)26)34(7,8)31)19-10-14-25(30-17-19)29-32-27(3,4)28(5,6)33-29/h9-17H,1-8H3. The molecule has 2 aromatic carbocycles. The molecule has 1 aliphatic heterocycles. The van der Waals surface area contributed by atoms with Crippen LogP contribution in [0.4, 0.5) is 0 Å². The smallest absolute Gasteiger partial charge is 0.398 e.